The van der Waals surface area contributed by atoms with E-state index in [1.807, 2.05) is 0 Å². The Morgan fingerprint density at radius 1 is 0.739 bits per heavy atom. The van der Waals surface area contributed by atoms with Crippen LogP contribution in [0.5, 0.6) is 0 Å². The van der Waals surface area contributed by atoms with E-state index in [0.717, 1.165) is 0 Å². The molecule has 138 valence electrons. The van der Waals surface area contributed by atoms with Gasteiger partial charge in [-0.25, -0.2) is 0 Å². The van der Waals surface area contributed by atoms with Crippen molar-refractivity contribution in [2.45, 2.75) is 42.5 Å². The van der Waals surface area contributed by atoms with Gasteiger partial charge in [-0.2, -0.15) is 0 Å². The second kappa shape index (κ2) is 9.79. The molecule has 1 aliphatic rings. The molecule has 0 bridgehead atoms. The monoisotopic (exact) mass is 340 g/mol. The molecule has 23 heavy (non-hydrogen) atoms. The fraction of sp³-hybridized carbons (Fsp3) is 1.00. The molecule has 9 N–H and O–H groups in total. The molecule has 0 spiro atoms. The maximum absolute atomic E-state index is 10.2. The fourth-order valence-corrected chi connectivity index (χ4v) is 2.95. The minimum atomic E-state index is -1.52. The summed E-state index contributed by atoms with van der Waals surface area (Å²) in [6.07, 6.45) is -4.40. The molecule has 1 saturated heterocycles. The molecule has 10 heteroatoms. The van der Waals surface area contributed by atoms with Crippen LogP contribution in [0.2, 0.25) is 0 Å². The van der Waals surface area contributed by atoms with E-state index in [1.54, 1.807) is 0 Å². The van der Waals surface area contributed by atoms with E-state index in [1.165, 1.54) is 4.90 Å². The third kappa shape index (κ3) is 4.57. The zero-order valence-corrected chi connectivity index (χ0v) is 12.8. The summed E-state index contributed by atoms with van der Waals surface area (Å²) < 4.78 is 0. The fourth-order valence-electron chi connectivity index (χ4n) is 2.95. The van der Waals surface area contributed by atoms with Crippen molar-refractivity contribution in [1.82, 2.24) is 10.2 Å². The number of hydrogen-bond acceptors (Lipinski definition) is 10. The number of nitrogens with zero attached hydrogens (tertiary/aromatic N) is 1. The van der Waals surface area contributed by atoms with Crippen LogP contribution < -0.4 is 5.32 Å². The van der Waals surface area contributed by atoms with Gasteiger partial charge >= 0.3 is 0 Å². The molecule has 0 saturated carbocycles. The first-order chi connectivity index (χ1) is 11.0. The summed E-state index contributed by atoms with van der Waals surface area (Å²) in [7, 11) is 0. The van der Waals surface area contributed by atoms with E-state index in [-0.39, 0.29) is 19.8 Å². The average Bonchev–Trinajstić information content (AvgIpc) is 2.57. The van der Waals surface area contributed by atoms with Crippen LogP contribution in [0, 0.1) is 0 Å². The van der Waals surface area contributed by atoms with Crippen molar-refractivity contribution in [3.63, 3.8) is 0 Å². The van der Waals surface area contributed by atoms with E-state index >= 15 is 0 Å². The SMILES string of the molecule is OCC(CO)NC[C@@H]1[C@H](O)[C@@H](O)[C@H](O)[C@@H](CO)N1C(CO)CO. The topological polar surface area (TPSA) is 177 Å². The largest absolute Gasteiger partial charge is 0.395 e. The molecular weight excluding hydrogens is 312 g/mol. The Morgan fingerprint density at radius 3 is 1.70 bits per heavy atom. The molecule has 0 aromatic carbocycles. The molecule has 1 rings (SSSR count). The van der Waals surface area contributed by atoms with E-state index in [4.69, 9.17) is 10.2 Å². The van der Waals surface area contributed by atoms with Gasteiger partial charge < -0.3 is 46.2 Å². The zero-order chi connectivity index (χ0) is 17.6. The number of aliphatic hydroxyl groups excluding tert-OH is 8. The minimum Gasteiger partial charge on any atom is -0.395 e. The van der Waals surface area contributed by atoms with E-state index in [9.17, 15) is 30.6 Å². The molecule has 0 radical (unpaired) electrons. The lowest BCUT2D eigenvalue weighted by Gasteiger charge is -2.51. The van der Waals surface area contributed by atoms with E-state index in [0.29, 0.717) is 0 Å². The van der Waals surface area contributed by atoms with Crippen LogP contribution in [0.4, 0.5) is 0 Å². The number of rotatable bonds is 9. The summed E-state index contributed by atoms with van der Waals surface area (Å²) in [6.45, 7) is -2.23. The smallest absolute Gasteiger partial charge is 0.109 e. The van der Waals surface area contributed by atoms with Crippen LogP contribution in [0.3, 0.4) is 0 Å². The first kappa shape index (κ1) is 20.6. The van der Waals surface area contributed by atoms with Gasteiger partial charge in [0.05, 0.1) is 63.3 Å². The van der Waals surface area contributed by atoms with Crippen LogP contribution >= 0.6 is 0 Å². The van der Waals surface area contributed by atoms with Gasteiger partial charge in [0.15, 0.2) is 0 Å². The van der Waals surface area contributed by atoms with E-state index < -0.39 is 62.3 Å². The van der Waals surface area contributed by atoms with Gasteiger partial charge in [-0.3, -0.25) is 4.90 Å². The lowest BCUT2D eigenvalue weighted by molar-refractivity contribution is -0.187. The lowest BCUT2D eigenvalue weighted by Crippen LogP contribution is -2.72. The highest BCUT2D eigenvalue weighted by Gasteiger charge is 2.49. The van der Waals surface area contributed by atoms with Crippen LogP contribution in [0.1, 0.15) is 0 Å². The second-order valence-electron chi connectivity index (χ2n) is 5.73. The number of hydrogen-bond donors (Lipinski definition) is 9. The number of nitrogens with one attached hydrogen (secondary N) is 1. The molecular formula is C13H28N2O8. The predicted molar refractivity (Wildman–Crippen MR) is 78.4 cm³/mol. The van der Waals surface area contributed by atoms with Crippen molar-refractivity contribution >= 4 is 0 Å². The molecule has 1 heterocycles. The summed E-state index contributed by atoms with van der Waals surface area (Å²) in [5.41, 5.74) is 0. The van der Waals surface area contributed by atoms with Crippen molar-refractivity contribution in [3.05, 3.63) is 0 Å². The van der Waals surface area contributed by atoms with Gasteiger partial charge in [-0.15, -0.1) is 0 Å². The quantitative estimate of drug-likeness (QED) is 0.197. The molecule has 10 nitrogen and oxygen atoms in total. The third-order valence-corrected chi connectivity index (χ3v) is 4.34. The van der Waals surface area contributed by atoms with Gasteiger partial charge in [0.25, 0.3) is 0 Å². The Bertz CT molecular complexity index is 329. The van der Waals surface area contributed by atoms with Crippen molar-refractivity contribution < 1.29 is 40.9 Å². The molecule has 1 aliphatic heterocycles. The molecule has 0 amide bonds. The predicted octanol–water partition coefficient (Wildman–Crippen LogP) is -5.59. The first-order valence-electron chi connectivity index (χ1n) is 7.56. The summed E-state index contributed by atoms with van der Waals surface area (Å²) in [5.74, 6) is 0. The van der Waals surface area contributed by atoms with Crippen LogP contribution in [-0.2, 0) is 0 Å². The Hall–Kier alpha value is -0.400. The highest BCUT2D eigenvalue weighted by molar-refractivity contribution is 5.03. The standard InChI is InChI=1S/C13H28N2O8/c16-2-7(3-17)14-1-9-11(21)13(23)12(22)10(6-20)15(9)8(4-18)5-19/h7-14,16-23H,1-6H2/t9-,10-,11+,12-,13-/m1/s1. The third-order valence-electron chi connectivity index (χ3n) is 4.34. The molecule has 0 aliphatic carbocycles. The molecule has 5 atom stereocenters. The normalized spacial score (nSPS) is 32.9. The van der Waals surface area contributed by atoms with Gasteiger partial charge in [0, 0.05) is 6.54 Å². The van der Waals surface area contributed by atoms with Crippen LogP contribution in [0.15, 0.2) is 0 Å². The average molecular weight is 340 g/mol. The van der Waals surface area contributed by atoms with Crippen molar-refractivity contribution in [2.75, 3.05) is 39.6 Å². The number of aliphatic hydroxyl groups is 8. The van der Waals surface area contributed by atoms with Crippen molar-refractivity contribution in [3.8, 4) is 0 Å². The Morgan fingerprint density at radius 2 is 1.26 bits per heavy atom. The lowest BCUT2D eigenvalue weighted by atomic mass is 9.86. The van der Waals surface area contributed by atoms with E-state index in [2.05, 4.69) is 5.32 Å². The zero-order valence-electron chi connectivity index (χ0n) is 12.8. The summed E-state index contributed by atoms with van der Waals surface area (Å²) in [5, 5.41) is 79.5. The van der Waals surface area contributed by atoms with Gasteiger partial charge in [0.2, 0.25) is 0 Å². The molecule has 1 fully saturated rings. The Balaban J connectivity index is 3.01. The number of piperidine rings is 1. The highest BCUT2D eigenvalue weighted by Crippen LogP contribution is 2.26. The molecule has 0 aromatic rings. The second-order valence-corrected chi connectivity index (χ2v) is 5.73. The Kier molecular flexibility index (Phi) is 8.79. The minimum absolute atomic E-state index is 0.0102. The Labute approximate surface area is 134 Å². The maximum atomic E-state index is 10.2. The van der Waals surface area contributed by atoms with Crippen LogP contribution in [0.25, 0.3) is 0 Å². The van der Waals surface area contributed by atoms with Crippen LogP contribution in [-0.4, -0.2) is 128 Å². The number of likely N-dealkylation sites (tertiary alicyclic amines) is 1. The van der Waals surface area contributed by atoms with Crippen molar-refractivity contribution in [1.29, 1.82) is 0 Å². The first-order valence-corrected chi connectivity index (χ1v) is 7.56. The molecule has 0 aromatic heterocycles. The van der Waals surface area contributed by atoms with Gasteiger partial charge in [-0.1, -0.05) is 0 Å². The van der Waals surface area contributed by atoms with Crippen molar-refractivity contribution in [2.24, 2.45) is 0 Å². The summed E-state index contributed by atoms with van der Waals surface area (Å²) >= 11 is 0. The maximum Gasteiger partial charge on any atom is 0.109 e. The van der Waals surface area contributed by atoms with Gasteiger partial charge in [-0.05, 0) is 0 Å². The van der Waals surface area contributed by atoms with Gasteiger partial charge in [0.1, 0.15) is 12.2 Å². The highest BCUT2D eigenvalue weighted by atomic mass is 16.4. The summed E-state index contributed by atoms with van der Waals surface area (Å²) in [6, 6.07) is -3.37. The molecule has 0 unspecified atom stereocenters. The summed E-state index contributed by atoms with van der Waals surface area (Å²) in [4.78, 5) is 1.36.